The average Bonchev–Trinajstić information content (AvgIpc) is 2.34. The van der Waals surface area contributed by atoms with Gasteiger partial charge < -0.3 is 10.4 Å². The lowest BCUT2D eigenvalue weighted by Crippen LogP contribution is -2.02. The quantitative estimate of drug-likeness (QED) is 0.875. The second-order valence-electron chi connectivity index (χ2n) is 4.49. The van der Waals surface area contributed by atoms with Crippen LogP contribution in [0.3, 0.4) is 0 Å². The van der Waals surface area contributed by atoms with Gasteiger partial charge in [0.15, 0.2) is 0 Å². The molecule has 0 aliphatic carbocycles. The summed E-state index contributed by atoms with van der Waals surface area (Å²) in [5.41, 5.74) is 2.59. The Morgan fingerprint density at radius 1 is 1.25 bits per heavy atom. The minimum Gasteiger partial charge on any atom is -0.481 e. The van der Waals surface area contributed by atoms with E-state index in [2.05, 4.69) is 21.2 Å². The SMILES string of the molecule is Cc1ccc(Nc2ccc(CC(=O)O)cc2F)c(Br)c1. The molecule has 0 unspecified atom stereocenters. The molecule has 0 aliphatic heterocycles. The first kappa shape index (κ1) is 14.5. The molecule has 0 saturated carbocycles. The van der Waals surface area contributed by atoms with Crippen LogP contribution in [-0.4, -0.2) is 11.1 Å². The monoisotopic (exact) mass is 337 g/mol. The van der Waals surface area contributed by atoms with Gasteiger partial charge in [0.25, 0.3) is 0 Å². The predicted molar refractivity (Wildman–Crippen MR) is 79.9 cm³/mol. The van der Waals surface area contributed by atoms with Gasteiger partial charge in [0.1, 0.15) is 5.82 Å². The molecule has 0 saturated heterocycles. The second kappa shape index (κ2) is 6.05. The lowest BCUT2D eigenvalue weighted by Gasteiger charge is -2.11. The summed E-state index contributed by atoms with van der Waals surface area (Å²) < 4.78 is 14.8. The van der Waals surface area contributed by atoms with Gasteiger partial charge >= 0.3 is 5.97 Å². The summed E-state index contributed by atoms with van der Waals surface area (Å²) in [4.78, 5) is 10.6. The number of rotatable bonds is 4. The molecule has 2 N–H and O–H groups in total. The second-order valence-corrected chi connectivity index (χ2v) is 5.35. The molecule has 2 aromatic rings. The van der Waals surface area contributed by atoms with Crippen LogP contribution in [0.25, 0.3) is 0 Å². The first-order valence-electron chi connectivity index (χ1n) is 5.99. The van der Waals surface area contributed by atoms with Crippen molar-refractivity contribution in [1.82, 2.24) is 0 Å². The van der Waals surface area contributed by atoms with Crippen LogP contribution in [-0.2, 0) is 11.2 Å². The van der Waals surface area contributed by atoms with Crippen LogP contribution >= 0.6 is 15.9 Å². The third kappa shape index (κ3) is 3.57. The highest BCUT2D eigenvalue weighted by atomic mass is 79.9. The molecule has 104 valence electrons. The van der Waals surface area contributed by atoms with Gasteiger partial charge in [-0.15, -0.1) is 0 Å². The number of carbonyl (C=O) groups is 1. The first-order chi connectivity index (χ1) is 9.45. The van der Waals surface area contributed by atoms with E-state index in [1.807, 2.05) is 25.1 Å². The maximum atomic E-state index is 13.9. The summed E-state index contributed by atoms with van der Waals surface area (Å²) in [5, 5.41) is 11.7. The fourth-order valence-corrected chi connectivity index (χ4v) is 2.40. The zero-order valence-corrected chi connectivity index (χ0v) is 12.4. The number of halogens is 2. The molecule has 0 radical (unpaired) electrons. The van der Waals surface area contributed by atoms with Crippen LogP contribution in [0, 0.1) is 12.7 Å². The fourth-order valence-electron chi connectivity index (χ4n) is 1.81. The molecule has 0 aromatic heterocycles. The molecule has 3 nitrogen and oxygen atoms in total. The highest BCUT2D eigenvalue weighted by molar-refractivity contribution is 9.10. The Bertz CT molecular complexity index is 658. The molecule has 2 rings (SSSR count). The van der Waals surface area contributed by atoms with Gasteiger partial charge in [-0.1, -0.05) is 12.1 Å². The normalized spacial score (nSPS) is 10.3. The average molecular weight is 338 g/mol. The van der Waals surface area contributed by atoms with Crippen LogP contribution in [0.1, 0.15) is 11.1 Å². The topological polar surface area (TPSA) is 49.3 Å². The van der Waals surface area contributed by atoms with E-state index >= 15 is 0 Å². The number of benzene rings is 2. The summed E-state index contributed by atoms with van der Waals surface area (Å²) in [6.45, 7) is 1.97. The van der Waals surface area contributed by atoms with Crippen molar-refractivity contribution < 1.29 is 14.3 Å². The van der Waals surface area contributed by atoms with Crippen molar-refractivity contribution in [2.45, 2.75) is 13.3 Å². The van der Waals surface area contributed by atoms with Crippen LogP contribution in [0.2, 0.25) is 0 Å². The number of hydrogen-bond acceptors (Lipinski definition) is 2. The smallest absolute Gasteiger partial charge is 0.307 e. The van der Waals surface area contributed by atoms with E-state index in [-0.39, 0.29) is 6.42 Å². The van der Waals surface area contributed by atoms with Crippen molar-refractivity contribution in [1.29, 1.82) is 0 Å². The molecule has 5 heteroatoms. The van der Waals surface area contributed by atoms with Gasteiger partial charge in [-0.25, -0.2) is 4.39 Å². The Kier molecular flexibility index (Phi) is 4.39. The lowest BCUT2D eigenvalue weighted by atomic mass is 10.1. The Hall–Kier alpha value is -1.88. The van der Waals surface area contributed by atoms with Crippen LogP contribution in [0.4, 0.5) is 15.8 Å². The van der Waals surface area contributed by atoms with Gasteiger partial charge in [0, 0.05) is 4.47 Å². The van der Waals surface area contributed by atoms with E-state index < -0.39 is 11.8 Å². The third-order valence-electron chi connectivity index (χ3n) is 2.78. The van der Waals surface area contributed by atoms with Gasteiger partial charge in [-0.2, -0.15) is 0 Å². The largest absolute Gasteiger partial charge is 0.481 e. The number of aliphatic carboxylic acids is 1. The highest BCUT2D eigenvalue weighted by Gasteiger charge is 2.08. The van der Waals surface area contributed by atoms with Gasteiger partial charge in [0.2, 0.25) is 0 Å². The first-order valence-corrected chi connectivity index (χ1v) is 6.78. The predicted octanol–water partition coefficient (Wildman–Crippen LogP) is 4.27. The zero-order valence-electron chi connectivity index (χ0n) is 10.8. The molecule has 0 spiro atoms. The van der Waals surface area contributed by atoms with Crippen molar-refractivity contribution in [2.24, 2.45) is 0 Å². The summed E-state index contributed by atoms with van der Waals surface area (Å²) in [5.74, 6) is -1.46. The van der Waals surface area contributed by atoms with Crippen molar-refractivity contribution in [3.8, 4) is 0 Å². The number of hydrogen-bond donors (Lipinski definition) is 2. The van der Waals surface area contributed by atoms with E-state index in [0.717, 1.165) is 15.7 Å². The molecule has 0 bridgehead atoms. The lowest BCUT2D eigenvalue weighted by molar-refractivity contribution is -0.136. The van der Waals surface area contributed by atoms with E-state index in [9.17, 15) is 9.18 Å². The Morgan fingerprint density at radius 3 is 2.55 bits per heavy atom. The molecule has 0 amide bonds. The van der Waals surface area contributed by atoms with Gasteiger partial charge in [-0.3, -0.25) is 4.79 Å². The zero-order chi connectivity index (χ0) is 14.7. The molecule has 0 aliphatic rings. The van der Waals surface area contributed by atoms with Crippen molar-refractivity contribution >= 4 is 33.3 Å². The molecule has 20 heavy (non-hydrogen) atoms. The van der Waals surface area contributed by atoms with Crippen LogP contribution < -0.4 is 5.32 Å². The summed E-state index contributed by atoms with van der Waals surface area (Å²) in [6.07, 6.45) is -0.189. The number of carboxylic acids is 1. The molecule has 2 aromatic carbocycles. The summed E-state index contributed by atoms with van der Waals surface area (Å²) in [6, 6.07) is 10.1. The Morgan fingerprint density at radius 2 is 1.95 bits per heavy atom. The van der Waals surface area contributed by atoms with Gasteiger partial charge in [0.05, 0.1) is 17.8 Å². The Labute approximate surface area is 124 Å². The van der Waals surface area contributed by atoms with E-state index in [4.69, 9.17) is 5.11 Å². The maximum Gasteiger partial charge on any atom is 0.307 e. The number of nitrogens with one attached hydrogen (secondary N) is 1. The van der Waals surface area contributed by atoms with Crippen molar-refractivity contribution in [3.05, 3.63) is 57.8 Å². The van der Waals surface area contributed by atoms with E-state index in [1.54, 1.807) is 12.1 Å². The minimum absolute atomic E-state index is 0.189. The standard InChI is InChI=1S/C15H13BrFNO2/c1-9-2-4-13(11(16)6-9)18-14-5-3-10(7-12(14)17)8-15(19)20/h2-7,18H,8H2,1H3,(H,19,20). The summed E-state index contributed by atoms with van der Waals surface area (Å²) in [7, 11) is 0. The molecule has 0 atom stereocenters. The fraction of sp³-hybridized carbons (Fsp3) is 0.133. The minimum atomic E-state index is -0.980. The van der Waals surface area contributed by atoms with Crippen molar-refractivity contribution in [2.75, 3.05) is 5.32 Å². The Balaban J connectivity index is 2.23. The van der Waals surface area contributed by atoms with E-state index in [1.165, 1.54) is 6.07 Å². The van der Waals surface area contributed by atoms with Crippen LogP contribution in [0.5, 0.6) is 0 Å². The van der Waals surface area contributed by atoms with Crippen molar-refractivity contribution in [3.63, 3.8) is 0 Å². The molecular weight excluding hydrogens is 325 g/mol. The third-order valence-corrected chi connectivity index (χ3v) is 3.44. The number of anilines is 2. The van der Waals surface area contributed by atoms with E-state index in [0.29, 0.717) is 11.3 Å². The molecule has 0 heterocycles. The molecule has 0 fully saturated rings. The highest BCUT2D eigenvalue weighted by Crippen LogP contribution is 2.28. The maximum absolute atomic E-state index is 13.9. The number of carboxylic acid groups (broad SMARTS) is 1. The summed E-state index contributed by atoms with van der Waals surface area (Å²) >= 11 is 3.41. The number of aryl methyl sites for hydroxylation is 1. The van der Waals surface area contributed by atoms with Gasteiger partial charge in [-0.05, 0) is 58.2 Å². The van der Waals surface area contributed by atoms with Crippen LogP contribution in [0.15, 0.2) is 40.9 Å². The molecular formula is C15H13BrFNO2.